The van der Waals surface area contributed by atoms with Crippen LogP contribution in [0, 0.1) is 10.1 Å². The van der Waals surface area contributed by atoms with E-state index in [0.717, 1.165) is 16.3 Å². The highest BCUT2D eigenvalue weighted by atomic mass is 32.1. The van der Waals surface area contributed by atoms with E-state index < -0.39 is 4.92 Å². The first-order chi connectivity index (χ1) is 8.77. The SMILES string of the molecule is O=[N+]([O-])c1ncc2ccccc2c1-c1ccsc1. The van der Waals surface area contributed by atoms with E-state index in [9.17, 15) is 10.1 Å². The maximum Gasteiger partial charge on any atom is 0.371 e. The van der Waals surface area contributed by atoms with Gasteiger partial charge in [0.15, 0.2) is 0 Å². The Kier molecular flexibility index (Phi) is 2.53. The van der Waals surface area contributed by atoms with Crippen LogP contribution in [0.1, 0.15) is 0 Å². The highest BCUT2D eigenvalue weighted by molar-refractivity contribution is 7.08. The molecule has 0 N–H and O–H groups in total. The van der Waals surface area contributed by atoms with Crippen LogP contribution in [0.5, 0.6) is 0 Å². The van der Waals surface area contributed by atoms with E-state index in [1.165, 1.54) is 11.3 Å². The van der Waals surface area contributed by atoms with Crippen molar-refractivity contribution in [1.82, 2.24) is 4.98 Å². The second-order valence-electron chi connectivity index (χ2n) is 3.81. The molecule has 0 unspecified atom stereocenters. The zero-order valence-corrected chi connectivity index (χ0v) is 10.1. The predicted molar refractivity (Wildman–Crippen MR) is 71.7 cm³/mol. The lowest BCUT2D eigenvalue weighted by Crippen LogP contribution is -1.95. The summed E-state index contributed by atoms with van der Waals surface area (Å²) in [6.45, 7) is 0. The van der Waals surface area contributed by atoms with Crippen LogP contribution in [0.3, 0.4) is 0 Å². The van der Waals surface area contributed by atoms with Gasteiger partial charge in [-0.05, 0) is 26.7 Å². The van der Waals surface area contributed by atoms with Gasteiger partial charge in [-0.25, -0.2) is 0 Å². The van der Waals surface area contributed by atoms with Crippen molar-refractivity contribution < 1.29 is 4.92 Å². The molecule has 0 saturated heterocycles. The molecular weight excluding hydrogens is 248 g/mol. The molecule has 0 radical (unpaired) electrons. The van der Waals surface area contributed by atoms with E-state index in [1.807, 2.05) is 41.1 Å². The molecule has 1 aromatic carbocycles. The van der Waals surface area contributed by atoms with E-state index in [2.05, 4.69) is 4.98 Å². The molecule has 0 spiro atoms. The molecule has 0 bridgehead atoms. The third kappa shape index (κ3) is 1.65. The van der Waals surface area contributed by atoms with Gasteiger partial charge in [0.25, 0.3) is 0 Å². The maximum atomic E-state index is 11.1. The van der Waals surface area contributed by atoms with E-state index >= 15 is 0 Å². The third-order valence-corrected chi connectivity index (χ3v) is 3.45. The zero-order chi connectivity index (χ0) is 12.5. The second-order valence-corrected chi connectivity index (χ2v) is 4.59. The summed E-state index contributed by atoms with van der Waals surface area (Å²) in [5.41, 5.74) is 1.44. The summed E-state index contributed by atoms with van der Waals surface area (Å²) >= 11 is 1.51. The Hall–Kier alpha value is -2.27. The van der Waals surface area contributed by atoms with Gasteiger partial charge < -0.3 is 10.1 Å². The number of pyridine rings is 1. The molecule has 3 rings (SSSR count). The van der Waals surface area contributed by atoms with Gasteiger partial charge in [-0.2, -0.15) is 11.3 Å². The lowest BCUT2D eigenvalue weighted by molar-refractivity contribution is -0.388. The minimum absolute atomic E-state index is 0.0906. The van der Waals surface area contributed by atoms with Gasteiger partial charge in [0.1, 0.15) is 6.20 Å². The monoisotopic (exact) mass is 256 g/mol. The lowest BCUT2D eigenvalue weighted by atomic mass is 10.0. The van der Waals surface area contributed by atoms with Crippen molar-refractivity contribution in [2.24, 2.45) is 0 Å². The molecule has 0 fully saturated rings. The number of fused-ring (bicyclic) bond motifs is 1. The highest BCUT2D eigenvalue weighted by Gasteiger charge is 2.20. The van der Waals surface area contributed by atoms with E-state index in [0.29, 0.717) is 5.56 Å². The number of aromatic nitrogens is 1. The first-order valence-electron chi connectivity index (χ1n) is 5.32. The standard InChI is InChI=1S/C13H8N2O2S/c16-15(17)13-12(10-5-6-18-8-10)11-4-2-1-3-9(11)7-14-13/h1-8H. The summed E-state index contributed by atoms with van der Waals surface area (Å²) in [5, 5.41) is 16.7. The Morgan fingerprint density at radius 2 is 2.06 bits per heavy atom. The topological polar surface area (TPSA) is 56.0 Å². The second kappa shape index (κ2) is 4.19. The van der Waals surface area contributed by atoms with Gasteiger partial charge in [0.2, 0.25) is 0 Å². The first-order valence-corrected chi connectivity index (χ1v) is 6.26. The smallest absolute Gasteiger partial charge is 0.358 e. The van der Waals surface area contributed by atoms with E-state index in [4.69, 9.17) is 0 Å². The number of nitrogens with zero attached hydrogens (tertiary/aromatic N) is 2. The maximum absolute atomic E-state index is 11.1. The van der Waals surface area contributed by atoms with Gasteiger partial charge in [0.05, 0.1) is 5.56 Å². The third-order valence-electron chi connectivity index (χ3n) is 2.76. The highest BCUT2D eigenvalue weighted by Crippen LogP contribution is 2.35. The number of thiophene rings is 1. The fraction of sp³-hybridized carbons (Fsp3) is 0. The summed E-state index contributed by atoms with van der Waals surface area (Å²) in [6, 6.07) is 9.44. The predicted octanol–water partition coefficient (Wildman–Crippen LogP) is 3.87. The Morgan fingerprint density at radius 3 is 2.78 bits per heavy atom. The largest absolute Gasteiger partial charge is 0.371 e. The van der Waals surface area contributed by atoms with Crippen LogP contribution in [-0.2, 0) is 0 Å². The summed E-state index contributed by atoms with van der Waals surface area (Å²) in [6.07, 6.45) is 1.54. The number of benzene rings is 1. The molecule has 4 nitrogen and oxygen atoms in total. The fourth-order valence-corrected chi connectivity index (χ4v) is 2.63. The number of nitro groups is 1. The zero-order valence-electron chi connectivity index (χ0n) is 9.24. The van der Waals surface area contributed by atoms with Gasteiger partial charge in [0, 0.05) is 16.3 Å². The number of hydrogen-bond acceptors (Lipinski definition) is 4. The molecule has 0 aliphatic carbocycles. The number of rotatable bonds is 2. The molecule has 0 aliphatic rings. The van der Waals surface area contributed by atoms with Crippen LogP contribution < -0.4 is 0 Å². The van der Waals surface area contributed by atoms with Crippen LogP contribution in [0.2, 0.25) is 0 Å². The Morgan fingerprint density at radius 1 is 1.22 bits per heavy atom. The molecule has 18 heavy (non-hydrogen) atoms. The minimum Gasteiger partial charge on any atom is -0.358 e. The molecule has 0 aliphatic heterocycles. The van der Waals surface area contributed by atoms with Crippen LogP contribution in [0.15, 0.2) is 47.3 Å². The van der Waals surface area contributed by atoms with Crippen LogP contribution in [0.4, 0.5) is 5.82 Å². The normalized spacial score (nSPS) is 10.7. The summed E-state index contributed by atoms with van der Waals surface area (Å²) in [7, 11) is 0. The summed E-state index contributed by atoms with van der Waals surface area (Å²) < 4.78 is 0. The molecule has 2 heterocycles. The lowest BCUT2D eigenvalue weighted by Gasteiger charge is -2.04. The van der Waals surface area contributed by atoms with Crippen LogP contribution in [-0.4, -0.2) is 9.91 Å². The fourth-order valence-electron chi connectivity index (χ4n) is 1.98. The molecule has 3 aromatic rings. The Bertz CT molecular complexity index is 723. The average Bonchev–Trinajstić information content (AvgIpc) is 2.90. The molecule has 5 heteroatoms. The van der Waals surface area contributed by atoms with Crippen molar-refractivity contribution in [1.29, 1.82) is 0 Å². The van der Waals surface area contributed by atoms with Crippen molar-refractivity contribution in [3.8, 4) is 11.1 Å². The van der Waals surface area contributed by atoms with Gasteiger partial charge in [-0.1, -0.05) is 24.3 Å². The van der Waals surface area contributed by atoms with Crippen LogP contribution in [0.25, 0.3) is 21.9 Å². The molecule has 88 valence electrons. The van der Waals surface area contributed by atoms with Crippen molar-refractivity contribution in [2.75, 3.05) is 0 Å². The summed E-state index contributed by atoms with van der Waals surface area (Å²) in [4.78, 5) is 14.6. The Balaban J connectivity index is 2.43. The summed E-state index contributed by atoms with van der Waals surface area (Å²) in [5.74, 6) is -0.0906. The van der Waals surface area contributed by atoms with E-state index in [1.54, 1.807) is 6.20 Å². The van der Waals surface area contributed by atoms with Gasteiger partial charge in [-0.3, -0.25) is 0 Å². The average molecular weight is 256 g/mol. The van der Waals surface area contributed by atoms with Crippen molar-refractivity contribution >= 4 is 27.9 Å². The van der Waals surface area contributed by atoms with Crippen molar-refractivity contribution in [3.63, 3.8) is 0 Å². The van der Waals surface area contributed by atoms with E-state index in [-0.39, 0.29) is 5.82 Å². The molecular formula is C13H8N2O2S. The van der Waals surface area contributed by atoms with Gasteiger partial charge in [-0.15, -0.1) is 0 Å². The first kappa shape index (κ1) is 10.9. The number of hydrogen-bond donors (Lipinski definition) is 0. The van der Waals surface area contributed by atoms with Crippen molar-refractivity contribution in [2.45, 2.75) is 0 Å². The van der Waals surface area contributed by atoms with Crippen LogP contribution >= 0.6 is 11.3 Å². The molecule has 0 saturated carbocycles. The molecule has 2 aromatic heterocycles. The minimum atomic E-state index is -0.431. The molecule has 0 amide bonds. The van der Waals surface area contributed by atoms with Gasteiger partial charge >= 0.3 is 5.82 Å². The van der Waals surface area contributed by atoms with Crippen molar-refractivity contribution in [3.05, 3.63) is 57.4 Å². The quantitative estimate of drug-likeness (QED) is 0.516. The molecule has 0 atom stereocenters. The Labute approximate surface area is 107 Å².